The second-order valence-electron chi connectivity index (χ2n) is 4.29. The van der Waals surface area contributed by atoms with E-state index in [4.69, 9.17) is 15.3 Å². The molecule has 0 aromatic heterocycles. The monoisotopic (exact) mass is 264 g/mol. The van der Waals surface area contributed by atoms with Crippen LogP contribution >= 0.6 is 0 Å². The van der Waals surface area contributed by atoms with Gasteiger partial charge in [0.05, 0.1) is 23.3 Å². The lowest BCUT2D eigenvalue weighted by atomic mass is 10.1. The number of hydrogen-bond acceptors (Lipinski definition) is 4. The molecule has 0 aliphatic heterocycles. The molecular formula is C16H12N2O2. The molecule has 0 aliphatic carbocycles. The van der Waals surface area contributed by atoms with Crippen LogP contribution in [0.15, 0.2) is 42.5 Å². The third-order valence-electron chi connectivity index (χ3n) is 2.80. The van der Waals surface area contributed by atoms with Crippen molar-refractivity contribution in [2.75, 3.05) is 0 Å². The van der Waals surface area contributed by atoms with Crippen LogP contribution in [-0.4, -0.2) is 5.11 Å². The number of benzene rings is 2. The van der Waals surface area contributed by atoms with Crippen molar-refractivity contribution in [2.45, 2.75) is 13.0 Å². The largest absolute Gasteiger partial charge is 0.456 e. The van der Waals surface area contributed by atoms with Crippen molar-refractivity contribution >= 4 is 0 Å². The van der Waals surface area contributed by atoms with Crippen LogP contribution in [0.2, 0.25) is 0 Å². The highest BCUT2D eigenvalue weighted by molar-refractivity contribution is 5.48. The van der Waals surface area contributed by atoms with E-state index < -0.39 is 6.10 Å². The zero-order valence-electron chi connectivity index (χ0n) is 10.9. The fourth-order valence-corrected chi connectivity index (χ4v) is 1.74. The van der Waals surface area contributed by atoms with Crippen molar-refractivity contribution < 1.29 is 9.84 Å². The van der Waals surface area contributed by atoms with Gasteiger partial charge in [-0.15, -0.1) is 0 Å². The Morgan fingerprint density at radius 2 is 1.90 bits per heavy atom. The topological polar surface area (TPSA) is 77.0 Å². The number of rotatable bonds is 3. The predicted molar refractivity (Wildman–Crippen MR) is 73.0 cm³/mol. The summed E-state index contributed by atoms with van der Waals surface area (Å²) in [5.74, 6) is 0.886. The van der Waals surface area contributed by atoms with E-state index in [2.05, 4.69) is 0 Å². The normalized spacial score (nSPS) is 11.2. The Balaban J connectivity index is 2.34. The lowest BCUT2D eigenvalue weighted by Crippen LogP contribution is -1.94. The highest BCUT2D eigenvalue weighted by atomic mass is 16.5. The smallest absolute Gasteiger partial charge is 0.145 e. The fourth-order valence-electron chi connectivity index (χ4n) is 1.74. The van der Waals surface area contributed by atoms with Gasteiger partial charge >= 0.3 is 0 Å². The zero-order chi connectivity index (χ0) is 14.5. The second kappa shape index (κ2) is 5.88. The Hall–Kier alpha value is -2.82. The van der Waals surface area contributed by atoms with Crippen LogP contribution in [-0.2, 0) is 0 Å². The number of nitrogens with zero attached hydrogens (tertiary/aromatic N) is 2. The molecule has 0 heterocycles. The van der Waals surface area contributed by atoms with Gasteiger partial charge in [-0.25, -0.2) is 0 Å². The van der Waals surface area contributed by atoms with Gasteiger partial charge in [0.2, 0.25) is 0 Å². The second-order valence-corrected chi connectivity index (χ2v) is 4.29. The van der Waals surface area contributed by atoms with Gasteiger partial charge in [-0.2, -0.15) is 10.5 Å². The van der Waals surface area contributed by atoms with Crippen LogP contribution in [0.4, 0.5) is 0 Å². The summed E-state index contributed by atoms with van der Waals surface area (Å²) in [7, 11) is 0. The van der Waals surface area contributed by atoms with Crippen LogP contribution < -0.4 is 4.74 Å². The molecule has 1 N–H and O–H groups in total. The summed E-state index contributed by atoms with van der Waals surface area (Å²) < 4.78 is 5.62. The lowest BCUT2D eigenvalue weighted by molar-refractivity contribution is 0.199. The molecule has 0 amide bonds. The first-order valence-electron chi connectivity index (χ1n) is 6.04. The van der Waals surface area contributed by atoms with Gasteiger partial charge in [0.1, 0.15) is 17.6 Å². The zero-order valence-corrected chi connectivity index (χ0v) is 10.9. The van der Waals surface area contributed by atoms with E-state index >= 15 is 0 Å². The Morgan fingerprint density at radius 1 is 1.10 bits per heavy atom. The first-order valence-corrected chi connectivity index (χ1v) is 6.04. The first kappa shape index (κ1) is 13.6. The SMILES string of the molecule is CC(O)c1ccc(Oc2cccc(C#N)c2)c(C#N)c1. The molecule has 1 unspecified atom stereocenters. The molecule has 4 nitrogen and oxygen atoms in total. The number of aliphatic hydroxyl groups is 1. The van der Waals surface area contributed by atoms with Gasteiger partial charge in [0, 0.05) is 0 Å². The summed E-state index contributed by atoms with van der Waals surface area (Å²) >= 11 is 0. The lowest BCUT2D eigenvalue weighted by Gasteiger charge is -2.10. The molecule has 2 aromatic rings. The van der Waals surface area contributed by atoms with Crippen molar-refractivity contribution in [2.24, 2.45) is 0 Å². The van der Waals surface area contributed by atoms with Crippen molar-refractivity contribution in [1.82, 2.24) is 0 Å². The van der Waals surface area contributed by atoms with Crippen LogP contribution in [0.25, 0.3) is 0 Å². The van der Waals surface area contributed by atoms with Gasteiger partial charge in [0.25, 0.3) is 0 Å². The molecule has 1 atom stereocenters. The molecule has 2 rings (SSSR count). The fraction of sp³-hybridized carbons (Fsp3) is 0.125. The van der Waals surface area contributed by atoms with Crippen LogP contribution in [0, 0.1) is 22.7 Å². The van der Waals surface area contributed by atoms with Crippen LogP contribution in [0.1, 0.15) is 29.7 Å². The van der Waals surface area contributed by atoms with Gasteiger partial charge in [-0.3, -0.25) is 0 Å². The summed E-state index contributed by atoms with van der Waals surface area (Å²) in [5, 5.41) is 27.5. The van der Waals surface area contributed by atoms with E-state index in [1.54, 1.807) is 49.4 Å². The summed E-state index contributed by atoms with van der Waals surface area (Å²) in [5.41, 5.74) is 1.48. The Kier molecular flexibility index (Phi) is 4.00. The van der Waals surface area contributed by atoms with Gasteiger partial charge in [0.15, 0.2) is 0 Å². The molecule has 0 spiro atoms. The molecule has 20 heavy (non-hydrogen) atoms. The van der Waals surface area contributed by atoms with E-state index in [-0.39, 0.29) is 0 Å². The average molecular weight is 264 g/mol. The predicted octanol–water partition coefficient (Wildman–Crippen LogP) is 3.28. The highest BCUT2D eigenvalue weighted by Crippen LogP contribution is 2.28. The summed E-state index contributed by atoms with van der Waals surface area (Å²) in [6, 6.07) is 15.7. The summed E-state index contributed by atoms with van der Waals surface area (Å²) in [4.78, 5) is 0. The molecule has 0 bridgehead atoms. The molecule has 98 valence electrons. The first-order chi connectivity index (χ1) is 9.63. The maximum atomic E-state index is 9.51. The number of hydrogen-bond donors (Lipinski definition) is 1. The Bertz CT molecular complexity index is 709. The minimum atomic E-state index is -0.641. The average Bonchev–Trinajstić information content (AvgIpc) is 2.47. The van der Waals surface area contributed by atoms with E-state index in [0.717, 1.165) is 0 Å². The minimum absolute atomic E-state index is 0.339. The third-order valence-corrected chi connectivity index (χ3v) is 2.80. The quantitative estimate of drug-likeness (QED) is 0.922. The summed E-state index contributed by atoms with van der Waals surface area (Å²) in [6.45, 7) is 1.63. The molecule has 0 saturated heterocycles. The maximum Gasteiger partial charge on any atom is 0.145 e. The van der Waals surface area contributed by atoms with Gasteiger partial charge in [-0.1, -0.05) is 12.1 Å². The van der Waals surface area contributed by atoms with E-state index in [1.165, 1.54) is 0 Å². The number of nitriles is 2. The van der Waals surface area contributed by atoms with Gasteiger partial charge < -0.3 is 9.84 Å². The van der Waals surface area contributed by atoms with Crippen molar-refractivity contribution in [3.63, 3.8) is 0 Å². The third kappa shape index (κ3) is 2.95. The van der Waals surface area contributed by atoms with Crippen molar-refractivity contribution in [3.05, 3.63) is 59.2 Å². The minimum Gasteiger partial charge on any atom is -0.456 e. The molecule has 0 saturated carbocycles. The van der Waals surface area contributed by atoms with Crippen LogP contribution in [0.3, 0.4) is 0 Å². The summed E-state index contributed by atoms with van der Waals surface area (Å²) in [6.07, 6.45) is -0.641. The van der Waals surface area contributed by atoms with E-state index in [9.17, 15) is 5.11 Å². The number of ether oxygens (including phenoxy) is 1. The maximum absolute atomic E-state index is 9.51. The highest BCUT2D eigenvalue weighted by Gasteiger charge is 2.09. The van der Waals surface area contributed by atoms with E-state index in [0.29, 0.717) is 28.2 Å². The Labute approximate surface area is 117 Å². The molecular weight excluding hydrogens is 252 g/mol. The van der Waals surface area contributed by atoms with Crippen LogP contribution in [0.5, 0.6) is 11.5 Å². The number of aliphatic hydroxyl groups excluding tert-OH is 1. The van der Waals surface area contributed by atoms with E-state index in [1.807, 2.05) is 12.1 Å². The van der Waals surface area contributed by atoms with Gasteiger partial charge in [-0.05, 0) is 42.8 Å². The molecule has 0 radical (unpaired) electrons. The molecule has 2 aromatic carbocycles. The molecule has 0 fully saturated rings. The molecule has 0 aliphatic rings. The van der Waals surface area contributed by atoms with Crippen molar-refractivity contribution in [1.29, 1.82) is 10.5 Å². The van der Waals surface area contributed by atoms with Crippen molar-refractivity contribution in [3.8, 4) is 23.6 Å². The standard InChI is InChI=1S/C16H12N2O2/c1-11(19)13-5-6-16(14(8-13)10-18)20-15-4-2-3-12(7-15)9-17/h2-8,11,19H,1H3. The Morgan fingerprint density at radius 3 is 2.55 bits per heavy atom. The molecule has 4 heteroatoms.